The lowest BCUT2D eigenvalue weighted by atomic mass is 10.1. The summed E-state index contributed by atoms with van der Waals surface area (Å²) in [5.74, 6) is -0.216. The van der Waals surface area contributed by atoms with Gasteiger partial charge in [0.1, 0.15) is 0 Å². The number of rotatable bonds is 7. The Kier molecular flexibility index (Phi) is 5.76. The van der Waals surface area contributed by atoms with Crippen LogP contribution in [0.4, 0.5) is 0 Å². The first-order valence-corrected chi connectivity index (χ1v) is 8.57. The molecule has 1 aromatic heterocycles. The lowest BCUT2D eigenvalue weighted by molar-refractivity contribution is 0.0937. The molecule has 1 amide bonds. The number of nitrogens with one attached hydrogen (secondary N) is 1. The van der Waals surface area contributed by atoms with Gasteiger partial charge in [0.2, 0.25) is 0 Å². The van der Waals surface area contributed by atoms with Crippen LogP contribution < -0.4 is 5.32 Å². The zero-order valence-corrected chi connectivity index (χ0v) is 15.0. The summed E-state index contributed by atoms with van der Waals surface area (Å²) in [5.41, 5.74) is 2.60. The topological polar surface area (TPSA) is 63.1 Å². The van der Waals surface area contributed by atoms with Crippen molar-refractivity contribution >= 4 is 5.91 Å². The highest BCUT2D eigenvalue weighted by Gasteiger charge is 2.17. The molecule has 1 N–H and O–H groups in total. The van der Waals surface area contributed by atoms with Crippen LogP contribution in [0.5, 0.6) is 0 Å². The maximum absolute atomic E-state index is 12.4. The van der Waals surface area contributed by atoms with Crippen LogP contribution in [0.1, 0.15) is 27.7 Å². The number of benzene rings is 2. The van der Waals surface area contributed by atoms with E-state index < -0.39 is 0 Å². The summed E-state index contributed by atoms with van der Waals surface area (Å²) in [6, 6.07) is 20.2. The largest absolute Gasteiger partial charge is 0.349 e. The summed E-state index contributed by atoms with van der Waals surface area (Å²) < 4.78 is 1.67. The van der Waals surface area contributed by atoms with Crippen LogP contribution in [-0.2, 0) is 6.54 Å². The molecule has 0 bridgehead atoms. The number of carbonyl (C=O) groups excluding carboxylic acids is 1. The minimum atomic E-state index is -0.216. The predicted molar refractivity (Wildman–Crippen MR) is 101 cm³/mol. The smallest absolute Gasteiger partial charge is 0.273 e. The normalized spacial score (nSPS) is 12.1. The van der Waals surface area contributed by atoms with Crippen LogP contribution in [0.3, 0.4) is 0 Å². The third kappa shape index (κ3) is 4.55. The van der Waals surface area contributed by atoms with Gasteiger partial charge in [0.05, 0.1) is 18.8 Å². The fourth-order valence-electron chi connectivity index (χ4n) is 2.80. The number of nitrogens with zero attached hydrogens (tertiary/aromatic N) is 4. The average molecular weight is 349 g/mol. The van der Waals surface area contributed by atoms with E-state index in [1.165, 1.54) is 0 Å². The van der Waals surface area contributed by atoms with Gasteiger partial charge in [0.25, 0.3) is 5.91 Å². The van der Waals surface area contributed by atoms with Gasteiger partial charge in [-0.3, -0.25) is 4.79 Å². The van der Waals surface area contributed by atoms with Crippen LogP contribution in [0.25, 0.3) is 0 Å². The van der Waals surface area contributed by atoms with Gasteiger partial charge < -0.3 is 10.2 Å². The van der Waals surface area contributed by atoms with Crippen molar-refractivity contribution in [3.63, 3.8) is 0 Å². The monoisotopic (exact) mass is 349 g/mol. The highest BCUT2D eigenvalue weighted by atomic mass is 16.2. The molecule has 0 aliphatic carbocycles. The molecule has 0 fully saturated rings. The van der Waals surface area contributed by atoms with Crippen LogP contribution in [0.2, 0.25) is 0 Å². The Morgan fingerprint density at radius 1 is 1.08 bits per heavy atom. The molecule has 0 aliphatic heterocycles. The van der Waals surface area contributed by atoms with E-state index in [9.17, 15) is 4.79 Å². The zero-order chi connectivity index (χ0) is 18.4. The van der Waals surface area contributed by atoms with Crippen molar-refractivity contribution in [3.05, 3.63) is 83.7 Å². The lowest BCUT2D eigenvalue weighted by Gasteiger charge is -2.24. The molecule has 0 spiro atoms. The molecular weight excluding hydrogens is 326 g/mol. The Morgan fingerprint density at radius 2 is 1.73 bits per heavy atom. The molecule has 3 rings (SSSR count). The number of likely N-dealkylation sites (N-methyl/N-ethyl adjacent to an activating group) is 1. The summed E-state index contributed by atoms with van der Waals surface area (Å²) >= 11 is 0. The second-order valence-corrected chi connectivity index (χ2v) is 6.39. The van der Waals surface area contributed by atoms with Crippen LogP contribution in [0, 0.1) is 0 Å². The Bertz CT molecular complexity index is 830. The first kappa shape index (κ1) is 17.8. The van der Waals surface area contributed by atoms with E-state index >= 15 is 0 Å². The van der Waals surface area contributed by atoms with E-state index in [1.807, 2.05) is 62.6 Å². The van der Waals surface area contributed by atoms with Gasteiger partial charge in [-0.25, -0.2) is 4.68 Å². The highest BCUT2D eigenvalue weighted by Crippen LogP contribution is 2.16. The third-order valence-corrected chi connectivity index (χ3v) is 4.22. The van der Waals surface area contributed by atoms with Gasteiger partial charge in [-0.05, 0) is 25.2 Å². The van der Waals surface area contributed by atoms with E-state index in [0.717, 1.165) is 11.1 Å². The van der Waals surface area contributed by atoms with E-state index in [2.05, 4.69) is 32.7 Å². The van der Waals surface area contributed by atoms with Crippen molar-refractivity contribution in [3.8, 4) is 0 Å². The number of hydrogen-bond donors (Lipinski definition) is 1. The second-order valence-electron chi connectivity index (χ2n) is 6.39. The number of aromatic nitrogens is 3. The van der Waals surface area contributed by atoms with Gasteiger partial charge in [-0.15, -0.1) is 5.10 Å². The van der Waals surface area contributed by atoms with Crippen LogP contribution >= 0.6 is 0 Å². The Balaban J connectivity index is 1.61. The Hall–Kier alpha value is -2.99. The summed E-state index contributed by atoms with van der Waals surface area (Å²) in [7, 11) is 4.00. The van der Waals surface area contributed by atoms with E-state index in [0.29, 0.717) is 18.8 Å². The van der Waals surface area contributed by atoms with Crippen molar-refractivity contribution in [1.82, 2.24) is 25.2 Å². The van der Waals surface area contributed by atoms with Gasteiger partial charge in [-0.1, -0.05) is 65.9 Å². The fraction of sp³-hybridized carbons (Fsp3) is 0.250. The van der Waals surface area contributed by atoms with E-state index in [4.69, 9.17) is 0 Å². The van der Waals surface area contributed by atoms with E-state index in [1.54, 1.807) is 10.9 Å². The van der Waals surface area contributed by atoms with Crippen molar-refractivity contribution in [2.24, 2.45) is 0 Å². The predicted octanol–water partition coefficient (Wildman–Crippen LogP) is 2.36. The van der Waals surface area contributed by atoms with Gasteiger partial charge in [-0.2, -0.15) is 0 Å². The highest BCUT2D eigenvalue weighted by molar-refractivity contribution is 5.91. The Morgan fingerprint density at radius 3 is 2.38 bits per heavy atom. The summed E-state index contributed by atoms with van der Waals surface area (Å²) in [6.07, 6.45) is 1.68. The molecule has 3 aromatic rings. The maximum atomic E-state index is 12.4. The number of carbonyl (C=O) groups is 1. The molecule has 26 heavy (non-hydrogen) atoms. The van der Waals surface area contributed by atoms with Crippen molar-refractivity contribution in [1.29, 1.82) is 0 Å². The molecule has 0 saturated carbocycles. The summed E-state index contributed by atoms with van der Waals surface area (Å²) in [6.45, 7) is 1.09. The SMILES string of the molecule is CN(C)C(CNC(=O)c1cn(Cc2ccccc2)nn1)c1ccccc1. The van der Waals surface area contributed by atoms with Crippen molar-refractivity contribution in [2.45, 2.75) is 12.6 Å². The molecular formula is C20H23N5O. The Labute approximate surface area is 153 Å². The molecule has 0 radical (unpaired) electrons. The van der Waals surface area contributed by atoms with Gasteiger partial charge in [0, 0.05) is 6.54 Å². The number of amides is 1. The molecule has 1 unspecified atom stereocenters. The molecule has 0 aliphatic rings. The van der Waals surface area contributed by atoms with Gasteiger partial charge in [0.15, 0.2) is 5.69 Å². The molecule has 6 nitrogen and oxygen atoms in total. The lowest BCUT2D eigenvalue weighted by Crippen LogP contribution is -2.34. The van der Waals surface area contributed by atoms with Crippen LogP contribution in [0.15, 0.2) is 66.9 Å². The van der Waals surface area contributed by atoms with Crippen LogP contribution in [-0.4, -0.2) is 46.4 Å². The second kappa shape index (κ2) is 8.40. The molecule has 1 heterocycles. The van der Waals surface area contributed by atoms with Crippen molar-refractivity contribution < 1.29 is 4.79 Å². The zero-order valence-electron chi connectivity index (χ0n) is 15.0. The maximum Gasteiger partial charge on any atom is 0.273 e. The van der Waals surface area contributed by atoms with E-state index in [-0.39, 0.29) is 11.9 Å². The summed E-state index contributed by atoms with van der Waals surface area (Å²) in [5, 5.41) is 11.0. The summed E-state index contributed by atoms with van der Waals surface area (Å²) in [4.78, 5) is 14.5. The first-order chi connectivity index (χ1) is 12.6. The number of hydrogen-bond acceptors (Lipinski definition) is 4. The molecule has 2 aromatic carbocycles. The minimum Gasteiger partial charge on any atom is -0.349 e. The molecule has 6 heteroatoms. The quantitative estimate of drug-likeness (QED) is 0.711. The van der Waals surface area contributed by atoms with Gasteiger partial charge >= 0.3 is 0 Å². The minimum absolute atomic E-state index is 0.0968. The first-order valence-electron chi connectivity index (χ1n) is 8.57. The molecule has 1 atom stereocenters. The average Bonchev–Trinajstić information content (AvgIpc) is 3.12. The molecule has 0 saturated heterocycles. The van der Waals surface area contributed by atoms with Crippen molar-refractivity contribution in [2.75, 3.05) is 20.6 Å². The third-order valence-electron chi connectivity index (χ3n) is 4.22. The standard InChI is InChI=1S/C20H23N5O/c1-24(2)19(17-11-7-4-8-12-17)13-21-20(26)18-15-25(23-22-18)14-16-9-5-3-6-10-16/h3-12,15,19H,13-14H2,1-2H3,(H,21,26). The fourth-order valence-corrected chi connectivity index (χ4v) is 2.80. The molecule has 134 valence electrons.